The Morgan fingerprint density at radius 3 is 2.58 bits per heavy atom. The van der Waals surface area contributed by atoms with Crippen molar-refractivity contribution in [2.75, 3.05) is 49.1 Å². The number of piperazine rings is 1. The highest BCUT2D eigenvalue weighted by molar-refractivity contribution is 5.83. The molecule has 1 amide bonds. The van der Waals surface area contributed by atoms with Gasteiger partial charge in [-0.25, -0.2) is 0 Å². The Bertz CT molecular complexity index is 1280. The third-order valence-electron chi connectivity index (χ3n) is 8.02. The van der Waals surface area contributed by atoms with Crippen LogP contribution in [0.25, 0.3) is 0 Å². The zero-order valence-corrected chi connectivity index (χ0v) is 21.4. The van der Waals surface area contributed by atoms with Crippen molar-refractivity contribution in [1.29, 1.82) is 5.26 Å². The van der Waals surface area contributed by atoms with Gasteiger partial charge in [0.15, 0.2) is 0 Å². The van der Waals surface area contributed by atoms with Gasteiger partial charge in [0, 0.05) is 50.5 Å². The van der Waals surface area contributed by atoms with Gasteiger partial charge in [-0.15, -0.1) is 0 Å². The molecule has 2 fully saturated rings. The second kappa shape index (κ2) is 10.7. The van der Waals surface area contributed by atoms with E-state index in [1.807, 2.05) is 23.1 Å². The maximum Gasteiger partial charge on any atom is 0.309 e. The number of amides is 1. The minimum Gasteiger partial charge on any atom is -0.466 e. The Balaban J connectivity index is 1.43. The first-order valence-corrected chi connectivity index (χ1v) is 13.1. The Morgan fingerprint density at radius 1 is 1.11 bits per heavy atom. The van der Waals surface area contributed by atoms with Crippen LogP contribution in [0.3, 0.4) is 0 Å². The first-order valence-electron chi connectivity index (χ1n) is 13.1. The molecule has 0 spiro atoms. The van der Waals surface area contributed by atoms with Gasteiger partial charge in [0.05, 0.1) is 40.7 Å². The van der Waals surface area contributed by atoms with Crippen LogP contribution in [0.15, 0.2) is 42.5 Å². The molecule has 10 heteroatoms. The molecule has 2 saturated heterocycles. The largest absolute Gasteiger partial charge is 0.466 e. The van der Waals surface area contributed by atoms with Crippen molar-refractivity contribution < 1.29 is 19.2 Å². The van der Waals surface area contributed by atoms with E-state index in [-0.39, 0.29) is 29.5 Å². The van der Waals surface area contributed by atoms with Crippen LogP contribution >= 0.6 is 0 Å². The molecule has 38 heavy (non-hydrogen) atoms. The molecule has 2 atom stereocenters. The summed E-state index contributed by atoms with van der Waals surface area (Å²) in [7, 11) is 0. The molecule has 2 unspecified atom stereocenters. The van der Waals surface area contributed by atoms with Crippen LogP contribution in [0.1, 0.15) is 30.9 Å². The molecule has 2 aromatic carbocycles. The summed E-state index contributed by atoms with van der Waals surface area (Å²) in [5.74, 6) is -0.794. The number of rotatable bonds is 5. The Labute approximate surface area is 221 Å². The van der Waals surface area contributed by atoms with Gasteiger partial charge in [0.2, 0.25) is 5.91 Å². The summed E-state index contributed by atoms with van der Waals surface area (Å²) in [5.41, 5.74) is 3.20. The number of hydrogen-bond acceptors (Lipinski definition) is 8. The molecule has 0 aromatic heterocycles. The first-order chi connectivity index (χ1) is 18.4. The molecule has 3 heterocycles. The second-order valence-electron chi connectivity index (χ2n) is 10.1. The number of carbonyl (C=O) groups excluding carboxylic acids is 2. The standard InChI is InChI=1S/C28H31N5O5/c1-2-38-28(35)19-9-11-30(12-10-19)27(34)23-16-21-15-22(33(36)37)7-8-25(21)32-14-13-31(18-26(23)32)24-6-4-3-5-20(24)17-29/h3-8,15,19,23,26H,2,9-14,16,18H2,1H3. The number of anilines is 2. The number of esters is 1. The molecule has 0 radical (unpaired) electrons. The van der Waals surface area contributed by atoms with Gasteiger partial charge >= 0.3 is 5.97 Å². The summed E-state index contributed by atoms with van der Waals surface area (Å²) in [6.07, 6.45) is 1.54. The number of ether oxygens (including phenoxy) is 1. The van der Waals surface area contributed by atoms with E-state index in [4.69, 9.17) is 4.74 Å². The number of non-ortho nitro benzene ring substituents is 1. The second-order valence-corrected chi connectivity index (χ2v) is 10.1. The normalized spacial score (nSPS) is 21.2. The van der Waals surface area contributed by atoms with E-state index < -0.39 is 10.8 Å². The van der Waals surface area contributed by atoms with Crippen molar-refractivity contribution >= 4 is 28.9 Å². The number of benzene rings is 2. The van der Waals surface area contributed by atoms with Gasteiger partial charge in [-0.3, -0.25) is 19.7 Å². The molecule has 5 rings (SSSR count). The first kappa shape index (κ1) is 25.5. The summed E-state index contributed by atoms with van der Waals surface area (Å²) in [4.78, 5) is 43.5. The summed E-state index contributed by atoms with van der Waals surface area (Å²) in [6, 6.07) is 14.5. The van der Waals surface area contributed by atoms with Crippen LogP contribution in [0, 0.1) is 33.3 Å². The van der Waals surface area contributed by atoms with Gasteiger partial charge in [0.25, 0.3) is 5.69 Å². The minimum atomic E-state index is -0.403. The molecular weight excluding hydrogens is 486 g/mol. The number of hydrogen-bond donors (Lipinski definition) is 0. The molecule has 0 bridgehead atoms. The number of nitro groups is 1. The van der Waals surface area contributed by atoms with Gasteiger partial charge in [-0.05, 0) is 49.9 Å². The average molecular weight is 518 g/mol. The summed E-state index contributed by atoms with van der Waals surface area (Å²) < 4.78 is 5.17. The number of fused-ring (bicyclic) bond motifs is 3. The summed E-state index contributed by atoms with van der Waals surface area (Å²) in [6.45, 7) is 4.94. The van der Waals surface area contributed by atoms with E-state index in [0.29, 0.717) is 64.2 Å². The minimum absolute atomic E-state index is 0.00915. The van der Waals surface area contributed by atoms with Crippen molar-refractivity contribution in [3.63, 3.8) is 0 Å². The summed E-state index contributed by atoms with van der Waals surface area (Å²) >= 11 is 0. The van der Waals surface area contributed by atoms with Crippen molar-refractivity contribution in [3.05, 3.63) is 63.7 Å². The lowest BCUT2D eigenvalue weighted by Crippen LogP contribution is -2.62. The quantitative estimate of drug-likeness (QED) is 0.337. The Morgan fingerprint density at radius 2 is 1.87 bits per heavy atom. The number of nitro benzene ring substituents is 1. The molecule has 3 aliphatic rings. The van der Waals surface area contributed by atoms with Crippen molar-refractivity contribution in [1.82, 2.24) is 4.90 Å². The predicted molar refractivity (Wildman–Crippen MR) is 141 cm³/mol. The van der Waals surface area contributed by atoms with Crippen LogP contribution < -0.4 is 9.80 Å². The zero-order chi connectivity index (χ0) is 26.8. The molecule has 0 saturated carbocycles. The smallest absolute Gasteiger partial charge is 0.309 e. The average Bonchev–Trinajstić information content (AvgIpc) is 2.95. The van der Waals surface area contributed by atoms with E-state index >= 15 is 0 Å². The molecule has 0 N–H and O–H groups in total. The van der Waals surface area contributed by atoms with Crippen LogP contribution in [0.2, 0.25) is 0 Å². The molecule has 198 valence electrons. The third kappa shape index (κ3) is 4.76. The molecule has 2 aromatic rings. The monoisotopic (exact) mass is 517 g/mol. The van der Waals surface area contributed by atoms with E-state index in [2.05, 4.69) is 15.9 Å². The fraction of sp³-hybridized carbons (Fsp3) is 0.464. The van der Waals surface area contributed by atoms with Crippen LogP contribution in [-0.2, 0) is 20.7 Å². The van der Waals surface area contributed by atoms with E-state index in [9.17, 15) is 25.0 Å². The summed E-state index contributed by atoms with van der Waals surface area (Å²) in [5, 5.41) is 21.1. The maximum atomic E-state index is 14.0. The third-order valence-corrected chi connectivity index (χ3v) is 8.02. The number of piperidine rings is 1. The lowest BCUT2D eigenvalue weighted by atomic mass is 9.82. The number of likely N-dealkylation sites (tertiary alicyclic amines) is 1. The number of para-hydroxylation sites is 1. The van der Waals surface area contributed by atoms with Gasteiger partial charge in [-0.2, -0.15) is 5.26 Å². The van der Waals surface area contributed by atoms with Gasteiger partial charge < -0.3 is 19.4 Å². The van der Waals surface area contributed by atoms with E-state index in [1.54, 1.807) is 25.1 Å². The van der Waals surface area contributed by atoms with Crippen molar-refractivity contribution in [3.8, 4) is 6.07 Å². The lowest BCUT2D eigenvalue weighted by Gasteiger charge is -2.50. The lowest BCUT2D eigenvalue weighted by molar-refractivity contribution is -0.384. The van der Waals surface area contributed by atoms with E-state index in [0.717, 1.165) is 16.9 Å². The number of nitriles is 1. The van der Waals surface area contributed by atoms with Gasteiger partial charge in [-0.1, -0.05) is 12.1 Å². The highest BCUT2D eigenvalue weighted by Crippen LogP contribution is 2.40. The maximum absolute atomic E-state index is 14.0. The van der Waals surface area contributed by atoms with Crippen LogP contribution in [0.4, 0.5) is 17.1 Å². The fourth-order valence-electron chi connectivity index (χ4n) is 6.10. The predicted octanol–water partition coefficient (Wildman–Crippen LogP) is 3.14. The molecule has 0 aliphatic carbocycles. The van der Waals surface area contributed by atoms with Crippen LogP contribution in [-0.4, -0.2) is 67.1 Å². The van der Waals surface area contributed by atoms with Crippen LogP contribution in [0.5, 0.6) is 0 Å². The highest BCUT2D eigenvalue weighted by atomic mass is 16.6. The van der Waals surface area contributed by atoms with E-state index in [1.165, 1.54) is 6.07 Å². The Hall–Kier alpha value is -4.13. The topological polar surface area (TPSA) is 120 Å². The SMILES string of the molecule is CCOC(=O)C1CCN(C(=O)C2Cc3cc([N+](=O)[O-])ccc3N3CCN(c4ccccc4C#N)CC23)CC1. The van der Waals surface area contributed by atoms with Crippen molar-refractivity contribution in [2.24, 2.45) is 11.8 Å². The fourth-order valence-corrected chi connectivity index (χ4v) is 6.10. The van der Waals surface area contributed by atoms with Gasteiger partial charge in [0.1, 0.15) is 6.07 Å². The number of carbonyl (C=O) groups is 2. The molecular formula is C28H31N5O5. The molecule has 10 nitrogen and oxygen atoms in total. The number of nitrogens with zero attached hydrogens (tertiary/aromatic N) is 5. The van der Waals surface area contributed by atoms with Crippen molar-refractivity contribution in [2.45, 2.75) is 32.2 Å². The molecule has 3 aliphatic heterocycles. The zero-order valence-electron chi connectivity index (χ0n) is 21.4. The Kier molecular flexibility index (Phi) is 7.18. The highest BCUT2D eigenvalue weighted by Gasteiger charge is 2.44.